The Balaban J connectivity index is 2.08. The number of ether oxygens (including phenoxy) is 1. The lowest BCUT2D eigenvalue weighted by Gasteiger charge is -2.16. The molecule has 4 nitrogen and oxygen atoms in total. The lowest BCUT2D eigenvalue weighted by molar-refractivity contribution is -0.138. The molecule has 0 aliphatic carbocycles. The van der Waals surface area contributed by atoms with E-state index in [9.17, 15) is 9.90 Å². The van der Waals surface area contributed by atoms with Gasteiger partial charge >= 0.3 is 5.97 Å². The number of unbranched alkanes of at least 4 members (excludes halogenated alkanes) is 3. The van der Waals surface area contributed by atoms with Crippen molar-refractivity contribution in [1.29, 1.82) is 0 Å². The van der Waals surface area contributed by atoms with Gasteiger partial charge in [0, 0.05) is 5.69 Å². The standard InChI is InChI=1S/C21H27NO3/c1-2-3-4-7-14-25-20-9-6-5-8-17(20)15-19(21(23)24)16-10-12-18(22)13-11-16/h5-6,8-13,19H,2-4,7,14-15,22H2,1H3,(H,23,24). The number of nitrogens with two attached hydrogens (primary N) is 1. The fourth-order valence-corrected chi connectivity index (χ4v) is 2.82. The molecule has 0 aromatic heterocycles. The van der Waals surface area contributed by atoms with Crippen LogP contribution in [0.4, 0.5) is 5.69 Å². The van der Waals surface area contributed by atoms with E-state index in [1.54, 1.807) is 24.3 Å². The smallest absolute Gasteiger partial charge is 0.311 e. The van der Waals surface area contributed by atoms with Crippen molar-refractivity contribution in [1.82, 2.24) is 0 Å². The molecule has 0 fully saturated rings. The Morgan fingerprint density at radius 2 is 1.80 bits per heavy atom. The van der Waals surface area contributed by atoms with E-state index in [1.807, 2.05) is 24.3 Å². The van der Waals surface area contributed by atoms with E-state index in [2.05, 4.69) is 6.92 Å². The Hall–Kier alpha value is -2.49. The minimum Gasteiger partial charge on any atom is -0.493 e. The number of carboxylic acids is 1. The lowest BCUT2D eigenvalue weighted by atomic mass is 9.91. The first-order valence-corrected chi connectivity index (χ1v) is 8.90. The topological polar surface area (TPSA) is 72.5 Å². The zero-order valence-corrected chi connectivity index (χ0v) is 14.8. The zero-order valence-electron chi connectivity index (χ0n) is 14.8. The fraction of sp³-hybridized carbons (Fsp3) is 0.381. The van der Waals surface area contributed by atoms with Crippen LogP contribution in [0.2, 0.25) is 0 Å². The number of anilines is 1. The van der Waals surface area contributed by atoms with Crippen LogP contribution in [0.3, 0.4) is 0 Å². The third kappa shape index (κ3) is 5.82. The molecular formula is C21H27NO3. The average molecular weight is 341 g/mol. The Kier molecular flexibility index (Phi) is 7.33. The van der Waals surface area contributed by atoms with E-state index in [0.717, 1.165) is 29.7 Å². The number of carboxylic acid groups (broad SMARTS) is 1. The highest BCUT2D eigenvalue weighted by molar-refractivity contribution is 5.77. The first kappa shape index (κ1) is 18.8. The van der Waals surface area contributed by atoms with Gasteiger partial charge < -0.3 is 15.6 Å². The van der Waals surface area contributed by atoms with E-state index in [1.165, 1.54) is 12.8 Å². The van der Waals surface area contributed by atoms with Crippen molar-refractivity contribution in [3.63, 3.8) is 0 Å². The molecule has 0 radical (unpaired) electrons. The predicted octanol–water partition coefficient (Wildman–Crippen LogP) is 4.64. The molecule has 0 spiro atoms. The normalized spacial score (nSPS) is 11.9. The number of carbonyl (C=O) groups is 1. The number of hydrogen-bond acceptors (Lipinski definition) is 3. The molecule has 0 saturated carbocycles. The summed E-state index contributed by atoms with van der Waals surface area (Å²) in [6.45, 7) is 2.84. The molecule has 0 aliphatic rings. The van der Waals surface area contributed by atoms with Crippen molar-refractivity contribution in [3.05, 3.63) is 59.7 Å². The molecule has 0 bridgehead atoms. The summed E-state index contributed by atoms with van der Waals surface area (Å²) in [6, 6.07) is 14.7. The van der Waals surface area contributed by atoms with Gasteiger partial charge in [-0.05, 0) is 42.2 Å². The van der Waals surface area contributed by atoms with Gasteiger partial charge in [-0.3, -0.25) is 4.79 Å². The lowest BCUT2D eigenvalue weighted by Crippen LogP contribution is -2.15. The number of rotatable bonds is 10. The molecule has 1 atom stereocenters. The number of nitrogen functional groups attached to an aromatic ring is 1. The summed E-state index contributed by atoms with van der Waals surface area (Å²) >= 11 is 0. The van der Waals surface area contributed by atoms with Crippen LogP contribution in [0.5, 0.6) is 5.75 Å². The number of hydrogen-bond donors (Lipinski definition) is 2. The summed E-state index contributed by atoms with van der Waals surface area (Å²) in [6.07, 6.45) is 4.97. The van der Waals surface area contributed by atoms with E-state index >= 15 is 0 Å². The molecule has 1 unspecified atom stereocenters. The monoisotopic (exact) mass is 341 g/mol. The molecule has 4 heteroatoms. The summed E-state index contributed by atoms with van der Waals surface area (Å²) in [5, 5.41) is 9.65. The summed E-state index contributed by atoms with van der Waals surface area (Å²) < 4.78 is 5.91. The molecular weight excluding hydrogens is 314 g/mol. The number of benzene rings is 2. The van der Waals surface area contributed by atoms with Gasteiger partial charge in [0.25, 0.3) is 0 Å². The molecule has 3 N–H and O–H groups in total. The SMILES string of the molecule is CCCCCCOc1ccccc1CC(C(=O)O)c1ccc(N)cc1. The first-order valence-electron chi connectivity index (χ1n) is 8.90. The van der Waals surface area contributed by atoms with Crippen LogP contribution < -0.4 is 10.5 Å². The highest BCUT2D eigenvalue weighted by Crippen LogP contribution is 2.27. The molecule has 0 saturated heterocycles. The Morgan fingerprint density at radius 3 is 2.48 bits per heavy atom. The quantitative estimate of drug-likeness (QED) is 0.488. The van der Waals surface area contributed by atoms with E-state index in [-0.39, 0.29) is 0 Å². The molecule has 2 aromatic rings. The summed E-state index contributed by atoms with van der Waals surface area (Å²) in [7, 11) is 0. The van der Waals surface area contributed by atoms with Crippen molar-refractivity contribution >= 4 is 11.7 Å². The van der Waals surface area contributed by atoms with Crippen LogP contribution in [0, 0.1) is 0 Å². The van der Waals surface area contributed by atoms with Crippen molar-refractivity contribution in [3.8, 4) is 5.75 Å². The third-order valence-corrected chi connectivity index (χ3v) is 4.29. The maximum atomic E-state index is 11.8. The van der Waals surface area contributed by atoms with Gasteiger partial charge in [-0.15, -0.1) is 0 Å². The molecule has 2 rings (SSSR count). The van der Waals surface area contributed by atoms with Gasteiger partial charge in [0.05, 0.1) is 12.5 Å². The fourth-order valence-electron chi connectivity index (χ4n) is 2.82. The second-order valence-electron chi connectivity index (χ2n) is 6.28. The van der Waals surface area contributed by atoms with Crippen molar-refractivity contribution in [2.24, 2.45) is 0 Å². The number of para-hydroxylation sites is 1. The van der Waals surface area contributed by atoms with E-state index in [0.29, 0.717) is 18.7 Å². The van der Waals surface area contributed by atoms with Crippen LogP contribution in [0.1, 0.15) is 49.7 Å². The van der Waals surface area contributed by atoms with Gasteiger partial charge in [-0.1, -0.05) is 56.5 Å². The highest BCUT2D eigenvalue weighted by Gasteiger charge is 2.22. The van der Waals surface area contributed by atoms with Crippen LogP contribution in [0.25, 0.3) is 0 Å². The summed E-state index contributed by atoms with van der Waals surface area (Å²) in [5.41, 5.74) is 8.00. The summed E-state index contributed by atoms with van der Waals surface area (Å²) in [5.74, 6) is -0.686. The van der Waals surface area contributed by atoms with Crippen LogP contribution >= 0.6 is 0 Å². The second kappa shape index (κ2) is 9.72. The molecule has 2 aromatic carbocycles. The molecule has 134 valence electrons. The first-order chi connectivity index (χ1) is 12.1. The molecule has 0 amide bonds. The van der Waals surface area contributed by atoms with E-state index in [4.69, 9.17) is 10.5 Å². The largest absolute Gasteiger partial charge is 0.493 e. The second-order valence-corrected chi connectivity index (χ2v) is 6.28. The molecule has 25 heavy (non-hydrogen) atoms. The van der Waals surface area contributed by atoms with Crippen LogP contribution in [0.15, 0.2) is 48.5 Å². The van der Waals surface area contributed by atoms with Crippen molar-refractivity contribution in [2.45, 2.75) is 44.9 Å². The predicted molar refractivity (Wildman–Crippen MR) is 101 cm³/mol. The Bertz CT molecular complexity index is 667. The Labute approximate surface area is 149 Å². The van der Waals surface area contributed by atoms with E-state index < -0.39 is 11.9 Å². The average Bonchev–Trinajstić information content (AvgIpc) is 2.61. The zero-order chi connectivity index (χ0) is 18.1. The molecule has 0 aliphatic heterocycles. The van der Waals surface area contributed by atoms with Gasteiger partial charge in [0.2, 0.25) is 0 Å². The van der Waals surface area contributed by atoms with Crippen molar-refractivity contribution in [2.75, 3.05) is 12.3 Å². The maximum absolute atomic E-state index is 11.8. The minimum atomic E-state index is -0.845. The number of aliphatic carboxylic acids is 1. The minimum absolute atomic E-state index is 0.393. The highest BCUT2D eigenvalue weighted by atomic mass is 16.5. The van der Waals surface area contributed by atoms with Crippen LogP contribution in [-0.2, 0) is 11.2 Å². The van der Waals surface area contributed by atoms with Crippen LogP contribution in [-0.4, -0.2) is 17.7 Å². The van der Waals surface area contributed by atoms with Gasteiger partial charge in [0.1, 0.15) is 5.75 Å². The maximum Gasteiger partial charge on any atom is 0.311 e. The van der Waals surface area contributed by atoms with Crippen molar-refractivity contribution < 1.29 is 14.6 Å². The van der Waals surface area contributed by atoms with Gasteiger partial charge in [-0.25, -0.2) is 0 Å². The third-order valence-electron chi connectivity index (χ3n) is 4.29. The molecule has 0 heterocycles. The summed E-state index contributed by atoms with van der Waals surface area (Å²) in [4.78, 5) is 11.8. The van der Waals surface area contributed by atoms with Gasteiger partial charge in [0.15, 0.2) is 0 Å². The Morgan fingerprint density at radius 1 is 1.08 bits per heavy atom. The van der Waals surface area contributed by atoms with Gasteiger partial charge in [-0.2, -0.15) is 0 Å².